The summed E-state index contributed by atoms with van der Waals surface area (Å²) in [5.74, 6) is -1.04. The van der Waals surface area contributed by atoms with E-state index in [2.05, 4.69) is 20.8 Å². The van der Waals surface area contributed by atoms with Crippen LogP contribution in [0.2, 0.25) is 0 Å². The van der Waals surface area contributed by atoms with Gasteiger partial charge in [-0.05, 0) is 97.7 Å². The molecule has 0 amide bonds. The molecule has 15 N–H and O–H groups in total. The molecule has 9 fully saturated rings. The molecule has 74 heavy (non-hydrogen) atoms. The molecule has 24 nitrogen and oxygen atoms in total. The normalized spacial score (nSPS) is 56.0. The third-order valence-electron chi connectivity index (χ3n) is 19.7. The lowest BCUT2D eigenvalue weighted by molar-refractivity contribution is -0.370. The van der Waals surface area contributed by atoms with Crippen LogP contribution >= 0.6 is 0 Å². The Labute approximate surface area is 430 Å². The van der Waals surface area contributed by atoms with E-state index in [-0.39, 0.29) is 71.6 Å². The maximum absolute atomic E-state index is 12.2. The van der Waals surface area contributed by atoms with Crippen molar-refractivity contribution >= 4 is 0 Å². The van der Waals surface area contributed by atoms with Gasteiger partial charge in [0, 0.05) is 12.3 Å². The van der Waals surface area contributed by atoms with E-state index in [1.807, 2.05) is 6.92 Å². The van der Waals surface area contributed by atoms with Crippen molar-refractivity contribution in [3.63, 3.8) is 0 Å². The predicted octanol–water partition coefficient (Wildman–Crippen LogP) is -4.35. The molecule has 4 aliphatic carbocycles. The molecule has 0 spiro atoms. The van der Waals surface area contributed by atoms with Crippen LogP contribution in [-0.2, 0) is 42.6 Å². The second-order valence-electron chi connectivity index (χ2n) is 24.0. The van der Waals surface area contributed by atoms with E-state index in [1.54, 1.807) is 0 Å². The number of aliphatic hydroxyl groups is 15. The first-order valence-corrected chi connectivity index (χ1v) is 26.9. The molecule has 9 rings (SSSR count). The molecule has 9 aliphatic rings. The minimum atomic E-state index is -1.87. The number of hydrogen-bond donors (Lipinski definition) is 15. The number of ether oxygens (including phenoxy) is 9. The van der Waals surface area contributed by atoms with Crippen LogP contribution in [0.3, 0.4) is 0 Å². The highest BCUT2D eigenvalue weighted by molar-refractivity contribution is 5.16. The fourth-order valence-electron chi connectivity index (χ4n) is 15.3. The molecule has 0 aromatic rings. The first kappa shape index (κ1) is 57.7. The van der Waals surface area contributed by atoms with Gasteiger partial charge in [-0.2, -0.15) is 0 Å². The first-order valence-electron chi connectivity index (χ1n) is 26.9. The van der Waals surface area contributed by atoms with Crippen LogP contribution in [0.5, 0.6) is 0 Å². The van der Waals surface area contributed by atoms with E-state index in [0.717, 1.165) is 19.3 Å². The van der Waals surface area contributed by atoms with Crippen LogP contribution in [0.4, 0.5) is 0 Å². The second-order valence-corrected chi connectivity index (χ2v) is 24.0. The van der Waals surface area contributed by atoms with E-state index < -0.39 is 155 Å². The molecule has 32 atom stereocenters. The van der Waals surface area contributed by atoms with Crippen LogP contribution in [0.15, 0.2) is 0 Å². The maximum Gasteiger partial charge on any atom is 0.187 e. The van der Waals surface area contributed by atoms with Gasteiger partial charge in [-0.1, -0.05) is 27.7 Å². The molecule has 4 saturated carbocycles. The lowest BCUT2D eigenvalue weighted by Crippen LogP contribution is -2.65. The van der Waals surface area contributed by atoms with Crippen molar-refractivity contribution < 1.29 is 119 Å². The molecule has 5 aliphatic heterocycles. The summed E-state index contributed by atoms with van der Waals surface area (Å²) in [6, 6.07) is 0. The van der Waals surface area contributed by atoms with Gasteiger partial charge in [0.05, 0.1) is 51.3 Å². The molecule has 0 aromatic heterocycles. The lowest BCUT2D eigenvalue weighted by atomic mass is 9.43. The van der Waals surface area contributed by atoms with Crippen molar-refractivity contribution in [2.24, 2.45) is 52.3 Å². The van der Waals surface area contributed by atoms with E-state index in [0.29, 0.717) is 38.5 Å². The topological polar surface area (TPSA) is 387 Å². The van der Waals surface area contributed by atoms with E-state index in [1.165, 1.54) is 0 Å². The summed E-state index contributed by atoms with van der Waals surface area (Å²) < 4.78 is 53.3. The zero-order chi connectivity index (χ0) is 53.5. The molecular weight excluding hydrogens is 985 g/mol. The van der Waals surface area contributed by atoms with Crippen molar-refractivity contribution in [2.45, 2.75) is 226 Å². The van der Waals surface area contributed by atoms with Crippen molar-refractivity contribution in [3.8, 4) is 0 Å². The summed E-state index contributed by atoms with van der Waals surface area (Å²) in [6.07, 6.45) is -25.2. The largest absolute Gasteiger partial charge is 0.394 e. The minimum absolute atomic E-state index is 0.0828. The van der Waals surface area contributed by atoms with Gasteiger partial charge in [-0.15, -0.1) is 0 Å². The minimum Gasteiger partial charge on any atom is -0.394 e. The SMILES string of the molecule is C[C@H](CC[C@@]1(O)O[C@H]2C[C@H]3[C@@H]4C[C@@H](O)[C@H]5C[C@@H](O[C@@H]6O[C@H](CO[C@H]7OC[C@H](O)[C@H](O)[C@H]7O)[C@@H](O[C@@H]7O[C@H](CO)[C@@H](O)[C@H](O)[C@H]7O)[C@H](O)[C@H]6O)CC[C@]5(C)[C@H]4CC[C@]3(C)[C@H]2[C@@H]1C)CO[C@@H]1O[C@H](CO)[C@@H](O)[C@H](O)[C@H]1O. The quantitative estimate of drug-likeness (QED) is 0.0689. The monoisotopic (exact) mass is 1070 g/mol. The van der Waals surface area contributed by atoms with Gasteiger partial charge < -0.3 is 119 Å². The van der Waals surface area contributed by atoms with Gasteiger partial charge in [0.25, 0.3) is 0 Å². The number of aliphatic hydroxyl groups excluding tert-OH is 14. The molecule has 428 valence electrons. The molecule has 0 aromatic carbocycles. The fourth-order valence-corrected chi connectivity index (χ4v) is 15.3. The van der Waals surface area contributed by atoms with E-state index >= 15 is 0 Å². The first-order chi connectivity index (χ1) is 35.0. The Balaban J connectivity index is 0.819. The Morgan fingerprint density at radius 2 is 1.18 bits per heavy atom. The predicted molar refractivity (Wildman–Crippen MR) is 247 cm³/mol. The summed E-state index contributed by atoms with van der Waals surface area (Å²) in [7, 11) is 0. The Morgan fingerprint density at radius 1 is 0.581 bits per heavy atom. The van der Waals surface area contributed by atoms with Crippen molar-refractivity contribution in [1.82, 2.24) is 0 Å². The Hall–Kier alpha value is -0.960. The Bertz CT molecular complexity index is 1860. The second kappa shape index (κ2) is 22.5. The summed E-state index contributed by atoms with van der Waals surface area (Å²) in [5.41, 5.74) is -0.424. The lowest BCUT2D eigenvalue weighted by Gasteiger charge is -2.62. The highest BCUT2D eigenvalue weighted by Gasteiger charge is 2.69. The number of fused-ring (bicyclic) bond motifs is 7. The number of rotatable bonds is 15. The van der Waals surface area contributed by atoms with Gasteiger partial charge in [0.1, 0.15) is 91.6 Å². The van der Waals surface area contributed by atoms with Gasteiger partial charge in [-0.25, -0.2) is 0 Å². The standard InChI is InChI=1S/C50H84O24/c1-19(16-66-45-40(62)36(58)34(56)29(14-51)70-45)5-10-50(65)20(2)32-28(74-50)13-24-22-12-26(53)25-11-21(6-8-48(25,3)23(22)7-9-49(24,32)4)69-46-42(64)38(60)43(73-47-41(63)37(59)35(57)30(15-52)71-47)31(72-46)18-68-44-39(61)33(55)27(54)17-67-44/h19-47,51-65H,5-18H2,1-4H3/t19-,20+,21+,22-,23+,24+,25-,26-,27+,28+,29-,30-,31-,32+,33+,34-,35-,36+,37+,38-,39-,40-,41-,42-,43-,44-,45-,46-,47+,48-,49+,50-/m1/s1. The summed E-state index contributed by atoms with van der Waals surface area (Å²) in [5, 5.41) is 160. The summed E-state index contributed by atoms with van der Waals surface area (Å²) in [6.45, 7) is 6.50. The van der Waals surface area contributed by atoms with Gasteiger partial charge in [0.2, 0.25) is 0 Å². The Kier molecular flexibility index (Phi) is 17.6. The summed E-state index contributed by atoms with van der Waals surface area (Å²) in [4.78, 5) is 0. The third-order valence-corrected chi connectivity index (χ3v) is 19.7. The van der Waals surface area contributed by atoms with Crippen LogP contribution in [-0.4, -0.2) is 250 Å². The molecule has 0 unspecified atom stereocenters. The van der Waals surface area contributed by atoms with Crippen LogP contribution in [0.25, 0.3) is 0 Å². The van der Waals surface area contributed by atoms with Crippen molar-refractivity contribution in [2.75, 3.05) is 33.0 Å². The Morgan fingerprint density at radius 3 is 1.85 bits per heavy atom. The van der Waals surface area contributed by atoms with Crippen molar-refractivity contribution in [1.29, 1.82) is 0 Å². The summed E-state index contributed by atoms with van der Waals surface area (Å²) >= 11 is 0. The fraction of sp³-hybridized carbons (Fsp3) is 1.00. The van der Waals surface area contributed by atoms with Crippen LogP contribution < -0.4 is 0 Å². The third kappa shape index (κ3) is 10.4. The number of hydrogen-bond acceptors (Lipinski definition) is 24. The molecule has 24 heteroatoms. The molecule has 0 radical (unpaired) electrons. The van der Waals surface area contributed by atoms with Gasteiger partial charge in [-0.3, -0.25) is 0 Å². The highest BCUT2D eigenvalue weighted by atomic mass is 16.8. The maximum atomic E-state index is 12.2. The molecule has 5 saturated heterocycles. The van der Waals surface area contributed by atoms with E-state index in [4.69, 9.17) is 42.6 Å². The van der Waals surface area contributed by atoms with E-state index in [9.17, 15) is 76.6 Å². The van der Waals surface area contributed by atoms with Gasteiger partial charge in [0.15, 0.2) is 30.9 Å². The molecular formula is C50H84O24. The molecule has 5 heterocycles. The smallest absolute Gasteiger partial charge is 0.187 e. The zero-order valence-corrected chi connectivity index (χ0v) is 42.5. The highest BCUT2D eigenvalue weighted by Crippen LogP contribution is 2.71. The average Bonchev–Trinajstić information content (AvgIpc) is 3.81. The average molecular weight is 1070 g/mol. The van der Waals surface area contributed by atoms with Crippen molar-refractivity contribution in [3.05, 3.63) is 0 Å². The molecule has 0 bridgehead atoms. The van der Waals surface area contributed by atoms with Crippen LogP contribution in [0.1, 0.15) is 85.5 Å². The zero-order valence-electron chi connectivity index (χ0n) is 42.5. The van der Waals surface area contributed by atoms with Crippen LogP contribution in [0, 0.1) is 52.3 Å². The van der Waals surface area contributed by atoms with Gasteiger partial charge >= 0.3 is 0 Å².